The number of hydrogen-bond acceptors (Lipinski definition) is 5. The maximum absolute atomic E-state index is 7.96. The maximum Gasteiger partial charge on any atom is 0.294 e. The molecule has 0 unspecified atom stereocenters. The van der Waals surface area contributed by atoms with E-state index < -0.39 is 0 Å². The van der Waals surface area contributed by atoms with Gasteiger partial charge in [-0.25, -0.2) is 4.98 Å². The molecule has 138 valence electrons. The van der Waals surface area contributed by atoms with Gasteiger partial charge in [0, 0.05) is 22.8 Å². The van der Waals surface area contributed by atoms with Gasteiger partial charge in [0.15, 0.2) is 0 Å². The number of methoxy groups -OCH3 is 1. The number of halogens is 1. The Kier molecular flexibility index (Phi) is 5.42. The van der Waals surface area contributed by atoms with Crippen molar-refractivity contribution in [3.63, 3.8) is 0 Å². The molecule has 1 aromatic heterocycles. The maximum atomic E-state index is 7.96. The van der Waals surface area contributed by atoms with Crippen LogP contribution in [0.4, 0.5) is 5.69 Å². The zero-order valence-electron chi connectivity index (χ0n) is 14.8. The van der Waals surface area contributed by atoms with Crippen LogP contribution in [0.5, 0.6) is 5.75 Å². The normalized spacial score (nSPS) is 11.3. The molecule has 0 aliphatic heterocycles. The summed E-state index contributed by atoms with van der Waals surface area (Å²) < 4.78 is 12.6. The molecule has 0 aliphatic rings. The van der Waals surface area contributed by atoms with Crippen molar-refractivity contribution in [2.24, 2.45) is 10.7 Å². The molecule has 0 radical (unpaired) electrons. The quantitative estimate of drug-likeness (QED) is 0.528. The Morgan fingerprint density at radius 1 is 1.22 bits per heavy atom. The third kappa shape index (κ3) is 4.45. The molecule has 0 spiro atoms. The van der Waals surface area contributed by atoms with E-state index in [4.69, 9.17) is 32.2 Å². The van der Waals surface area contributed by atoms with Crippen LogP contribution in [0.25, 0.3) is 5.69 Å². The average Bonchev–Trinajstić information content (AvgIpc) is 3.08. The van der Waals surface area contributed by atoms with E-state index in [1.54, 1.807) is 49.8 Å². The highest BCUT2D eigenvalue weighted by molar-refractivity contribution is 6.30. The lowest BCUT2D eigenvalue weighted by Crippen LogP contribution is -2.20. The smallest absolute Gasteiger partial charge is 0.294 e. The van der Waals surface area contributed by atoms with Crippen LogP contribution in [0.15, 0.2) is 60.0 Å². The summed E-state index contributed by atoms with van der Waals surface area (Å²) >= 11 is 5.84. The highest BCUT2D eigenvalue weighted by Gasteiger charge is 2.09. The van der Waals surface area contributed by atoms with E-state index in [-0.39, 0.29) is 11.9 Å². The van der Waals surface area contributed by atoms with Crippen molar-refractivity contribution >= 4 is 29.2 Å². The Labute approximate surface area is 161 Å². The molecule has 3 rings (SSSR count). The van der Waals surface area contributed by atoms with Crippen molar-refractivity contribution in [2.45, 2.75) is 6.92 Å². The van der Waals surface area contributed by atoms with Gasteiger partial charge in [-0.1, -0.05) is 11.6 Å². The SMILES string of the molecule is COc1cc(N=C(N)OC(=N)c2ccc(Cl)cc2)ccc1-n1cnc(C)c1. The van der Waals surface area contributed by atoms with Crippen LogP contribution in [0, 0.1) is 12.3 Å². The fourth-order valence-corrected chi connectivity index (χ4v) is 2.54. The molecule has 2 aromatic carbocycles. The van der Waals surface area contributed by atoms with E-state index in [0.29, 0.717) is 22.0 Å². The Hall–Kier alpha value is -3.32. The number of aryl methyl sites for hydroxylation is 1. The van der Waals surface area contributed by atoms with E-state index in [9.17, 15) is 0 Å². The van der Waals surface area contributed by atoms with E-state index >= 15 is 0 Å². The lowest BCUT2D eigenvalue weighted by Gasteiger charge is -2.10. The Morgan fingerprint density at radius 2 is 1.96 bits per heavy atom. The van der Waals surface area contributed by atoms with Gasteiger partial charge in [-0.2, -0.15) is 4.99 Å². The first kappa shape index (κ1) is 18.5. The van der Waals surface area contributed by atoms with Gasteiger partial charge in [0.25, 0.3) is 6.02 Å². The summed E-state index contributed by atoms with van der Waals surface area (Å²) in [5, 5.41) is 8.54. The number of amidine groups is 1. The average molecular weight is 384 g/mol. The fourth-order valence-electron chi connectivity index (χ4n) is 2.42. The highest BCUT2D eigenvalue weighted by Crippen LogP contribution is 2.28. The number of benzene rings is 2. The molecule has 8 heteroatoms. The summed E-state index contributed by atoms with van der Waals surface area (Å²) in [4.78, 5) is 8.41. The minimum atomic E-state index is -0.150. The minimum absolute atomic E-state index is 0.120. The number of imidazole rings is 1. The third-order valence-corrected chi connectivity index (χ3v) is 3.96. The van der Waals surface area contributed by atoms with E-state index in [1.807, 2.05) is 23.8 Å². The molecule has 27 heavy (non-hydrogen) atoms. The van der Waals surface area contributed by atoms with Gasteiger partial charge >= 0.3 is 0 Å². The van der Waals surface area contributed by atoms with Gasteiger partial charge < -0.3 is 19.8 Å². The predicted octanol–water partition coefficient (Wildman–Crippen LogP) is 3.83. The second-order valence-corrected chi connectivity index (χ2v) is 6.10. The van der Waals surface area contributed by atoms with Crippen LogP contribution in [-0.2, 0) is 4.74 Å². The molecule has 0 amide bonds. The largest absolute Gasteiger partial charge is 0.494 e. The number of nitrogens with two attached hydrogens (primary N) is 1. The van der Waals surface area contributed by atoms with E-state index in [0.717, 1.165) is 11.4 Å². The van der Waals surface area contributed by atoms with Crippen LogP contribution in [0.3, 0.4) is 0 Å². The first-order valence-corrected chi connectivity index (χ1v) is 8.39. The summed E-state index contributed by atoms with van der Waals surface area (Å²) in [5.41, 5.74) is 8.63. The molecule has 7 nitrogen and oxygen atoms in total. The van der Waals surface area contributed by atoms with Crippen molar-refractivity contribution in [3.05, 3.63) is 71.3 Å². The topological polar surface area (TPSA) is 98.5 Å². The number of rotatable bonds is 4. The molecule has 1 heterocycles. The van der Waals surface area contributed by atoms with Crippen LogP contribution in [-0.4, -0.2) is 28.6 Å². The zero-order chi connectivity index (χ0) is 19.4. The molecule has 0 aliphatic carbocycles. The number of aliphatic imine (C=N–C) groups is 1. The van der Waals surface area contributed by atoms with Crippen molar-refractivity contribution in [1.82, 2.24) is 9.55 Å². The summed E-state index contributed by atoms with van der Waals surface area (Å²) in [5.74, 6) is 0.486. The van der Waals surface area contributed by atoms with Crippen molar-refractivity contribution < 1.29 is 9.47 Å². The molecular weight excluding hydrogens is 366 g/mol. The zero-order valence-corrected chi connectivity index (χ0v) is 15.6. The van der Waals surface area contributed by atoms with Gasteiger partial charge in [0.2, 0.25) is 5.90 Å². The molecule has 3 N–H and O–H groups in total. The Bertz CT molecular complexity index is 996. The molecule has 0 bridgehead atoms. The number of nitrogens with zero attached hydrogens (tertiary/aromatic N) is 3. The van der Waals surface area contributed by atoms with Gasteiger partial charge in [-0.05, 0) is 43.3 Å². The van der Waals surface area contributed by atoms with E-state index in [1.165, 1.54) is 0 Å². The standard InChI is InChI=1S/C19H18ClN5O2/c1-12-10-25(11-23-12)16-8-7-15(9-17(16)26-2)24-19(22)27-18(21)13-3-5-14(20)6-4-13/h3-11,21H,1-2H3,(H2,22,24). The molecule has 0 saturated carbocycles. The second kappa shape index (κ2) is 7.92. The van der Waals surface area contributed by atoms with Crippen LogP contribution < -0.4 is 10.5 Å². The van der Waals surface area contributed by atoms with Gasteiger partial charge in [0.1, 0.15) is 5.75 Å². The third-order valence-electron chi connectivity index (χ3n) is 3.71. The Balaban J connectivity index is 1.79. The summed E-state index contributed by atoms with van der Waals surface area (Å²) in [6.07, 6.45) is 3.60. The highest BCUT2D eigenvalue weighted by atomic mass is 35.5. The number of nitrogens with one attached hydrogen (secondary N) is 1. The fraction of sp³-hybridized carbons (Fsp3) is 0.105. The monoisotopic (exact) mass is 383 g/mol. The first-order chi connectivity index (χ1) is 13.0. The lowest BCUT2D eigenvalue weighted by atomic mass is 10.2. The molecule has 0 fully saturated rings. The van der Waals surface area contributed by atoms with Gasteiger partial charge in [-0.15, -0.1) is 0 Å². The first-order valence-electron chi connectivity index (χ1n) is 8.02. The van der Waals surface area contributed by atoms with Gasteiger partial charge in [-0.3, -0.25) is 5.41 Å². The predicted molar refractivity (Wildman–Crippen MR) is 106 cm³/mol. The number of aromatic nitrogens is 2. The van der Waals surface area contributed by atoms with Crippen LogP contribution >= 0.6 is 11.6 Å². The van der Waals surface area contributed by atoms with Crippen molar-refractivity contribution in [2.75, 3.05) is 7.11 Å². The Morgan fingerprint density at radius 3 is 2.59 bits per heavy atom. The van der Waals surface area contributed by atoms with Crippen LogP contribution in [0.1, 0.15) is 11.3 Å². The lowest BCUT2D eigenvalue weighted by molar-refractivity contribution is 0.413. The summed E-state index contributed by atoms with van der Waals surface area (Å²) in [7, 11) is 1.58. The molecule has 0 saturated heterocycles. The molecule has 0 atom stereocenters. The van der Waals surface area contributed by atoms with Crippen molar-refractivity contribution in [3.8, 4) is 11.4 Å². The molecule has 3 aromatic rings. The van der Waals surface area contributed by atoms with Crippen molar-refractivity contribution in [1.29, 1.82) is 5.41 Å². The number of ether oxygens (including phenoxy) is 2. The molecular formula is C19H18ClN5O2. The summed E-state index contributed by atoms with van der Waals surface area (Å²) in [6, 6.07) is 11.9. The van der Waals surface area contributed by atoms with E-state index in [2.05, 4.69) is 9.98 Å². The van der Waals surface area contributed by atoms with Gasteiger partial charge in [0.05, 0.1) is 30.5 Å². The van der Waals surface area contributed by atoms with Crippen LogP contribution in [0.2, 0.25) is 5.02 Å². The second-order valence-electron chi connectivity index (χ2n) is 5.67. The minimum Gasteiger partial charge on any atom is -0.494 e. The number of hydrogen-bond donors (Lipinski definition) is 2. The summed E-state index contributed by atoms with van der Waals surface area (Å²) in [6.45, 7) is 1.91.